The molecule has 0 aliphatic carbocycles. The van der Waals surface area contributed by atoms with E-state index in [1.807, 2.05) is 43.3 Å². The van der Waals surface area contributed by atoms with Gasteiger partial charge in [-0.1, -0.05) is 6.07 Å². The fraction of sp³-hybridized carbons (Fsp3) is 0.389. The van der Waals surface area contributed by atoms with Gasteiger partial charge in [-0.2, -0.15) is 5.10 Å². The minimum absolute atomic E-state index is 0.0417. The van der Waals surface area contributed by atoms with Crippen LogP contribution < -0.4 is 20.7 Å². The van der Waals surface area contributed by atoms with Gasteiger partial charge in [0.2, 0.25) is 0 Å². The van der Waals surface area contributed by atoms with Crippen LogP contribution in [0.25, 0.3) is 0 Å². The molecule has 1 fully saturated rings. The van der Waals surface area contributed by atoms with Crippen LogP contribution in [0.5, 0.6) is 0 Å². The first-order chi connectivity index (χ1) is 12.0. The number of amides is 1. The lowest BCUT2D eigenvalue weighted by Gasteiger charge is -2.33. The number of hydrogen-bond donors (Lipinski definition) is 2. The average molecular weight is 341 g/mol. The van der Waals surface area contributed by atoms with Crippen LogP contribution in [-0.4, -0.2) is 49.3 Å². The van der Waals surface area contributed by atoms with Crippen LogP contribution in [0.1, 0.15) is 23.2 Å². The van der Waals surface area contributed by atoms with Crippen molar-refractivity contribution in [1.29, 1.82) is 0 Å². The van der Waals surface area contributed by atoms with Crippen LogP contribution in [0.15, 0.2) is 41.3 Å². The van der Waals surface area contributed by atoms with E-state index in [-0.39, 0.29) is 17.5 Å². The van der Waals surface area contributed by atoms with E-state index in [9.17, 15) is 9.59 Å². The summed E-state index contributed by atoms with van der Waals surface area (Å²) in [5.41, 5.74) is 2.30. The van der Waals surface area contributed by atoms with E-state index in [4.69, 9.17) is 0 Å². The van der Waals surface area contributed by atoms with Gasteiger partial charge in [0.25, 0.3) is 11.5 Å². The molecule has 132 valence electrons. The van der Waals surface area contributed by atoms with Gasteiger partial charge in [0.05, 0.1) is 11.9 Å². The van der Waals surface area contributed by atoms with Crippen molar-refractivity contribution in [3.05, 3.63) is 52.4 Å². The van der Waals surface area contributed by atoms with E-state index in [2.05, 4.69) is 20.4 Å². The van der Waals surface area contributed by atoms with Crippen LogP contribution in [0.2, 0.25) is 0 Å². The average Bonchev–Trinajstić information content (AvgIpc) is 2.62. The third-order valence-electron chi connectivity index (χ3n) is 4.47. The first-order valence-corrected chi connectivity index (χ1v) is 8.41. The van der Waals surface area contributed by atoms with Crippen LogP contribution >= 0.6 is 0 Å². The first-order valence-electron chi connectivity index (χ1n) is 8.41. The van der Waals surface area contributed by atoms with Gasteiger partial charge < -0.3 is 15.1 Å². The number of anilines is 2. The van der Waals surface area contributed by atoms with Crippen molar-refractivity contribution in [2.24, 2.45) is 0 Å². The summed E-state index contributed by atoms with van der Waals surface area (Å²) in [7, 11) is 3.91. The molecule has 1 aromatic carbocycles. The van der Waals surface area contributed by atoms with E-state index in [1.165, 1.54) is 0 Å². The molecule has 1 aromatic heterocycles. The quantitative estimate of drug-likeness (QED) is 0.874. The van der Waals surface area contributed by atoms with E-state index in [0.717, 1.165) is 37.3 Å². The van der Waals surface area contributed by atoms with E-state index < -0.39 is 0 Å². The summed E-state index contributed by atoms with van der Waals surface area (Å²) >= 11 is 0. The second kappa shape index (κ2) is 7.38. The highest BCUT2D eigenvalue weighted by Gasteiger charge is 2.22. The fourth-order valence-electron chi connectivity index (χ4n) is 3.01. The fourth-order valence-corrected chi connectivity index (χ4v) is 3.01. The molecule has 0 radical (unpaired) electrons. The molecule has 1 aliphatic heterocycles. The lowest BCUT2D eigenvalue weighted by Crippen LogP contribution is -2.45. The SMILES string of the molecule is CN(C)c1cccc(C(=O)NC2CCN(c3cn[nH]c(=O)c3)CC2)c1. The predicted molar refractivity (Wildman–Crippen MR) is 98.3 cm³/mol. The number of hydrogen-bond acceptors (Lipinski definition) is 5. The lowest BCUT2D eigenvalue weighted by atomic mass is 10.0. The molecule has 2 N–H and O–H groups in total. The number of nitrogens with zero attached hydrogens (tertiary/aromatic N) is 3. The molecule has 7 nitrogen and oxygen atoms in total. The van der Waals surface area contributed by atoms with Gasteiger partial charge in [0.1, 0.15) is 0 Å². The largest absolute Gasteiger partial charge is 0.378 e. The molecule has 2 aromatic rings. The van der Waals surface area contributed by atoms with Gasteiger partial charge in [0.15, 0.2) is 0 Å². The van der Waals surface area contributed by atoms with Crippen molar-refractivity contribution in [3.63, 3.8) is 0 Å². The zero-order chi connectivity index (χ0) is 17.8. The number of H-pyrrole nitrogens is 1. The van der Waals surface area contributed by atoms with E-state index in [1.54, 1.807) is 12.3 Å². The van der Waals surface area contributed by atoms with Crippen molar-refractivity contribution in [1.82, 2.24) is 15.5 Å². The molecular weight excluding hydrogens is 318 g/mol. The minimum atomic E-state index is -0.200. The lowest BCUT2D eigenvalue weighted by molar-refractivity contribution is 0.0931. The Morgan fingerprint density at radius 1 is 1.28 bits per heavy atom. The minimum Gasteiger partial charge on any atom is -0.378 e. The Morgan fingerprint density at radius 3 is 2.72 bits per heavy atom. The van der Waals surface area contributed by atoms with E-state index >= 15 is 0 Å². The Labute approximate surface area is 146 Å². The summed E-state index contributed by atoms with van der Waals surface area (Å²) in [6.45, 7) is 1.57. The normalized spacial score (nSPS) is 15.0. The monoisotopic (exact) mass is 341 g/mol. The molecule has 1 amide bonds. The Bertz CT molecular complexity index is 794. The number of nitrogens with one attached hydrogen (secondary N) is 2. The number of rotatable bonds is 4. The van der Waals surface area contributed by atoms with Gasteiger partial charge in [-0.15, -0.1) is 0 Å². The topological polar surface area (TPSA) is 81.3 Å². The molecule has 3 rings (SSSR count). The van der Waals surface area contributed by atoms with Crippen LogP contribution in [0, 0.1) is 0 Å². The molecule has 0 bridgehead atoms. The third kappa shape index (κ3) is 4.17. The maximum absolute atomic E-state index is 12.5. The predicted octanol–water partition coefficient (Wildman–Crippen LogP) is 1.23. The molecule has 25 heavy (non-hydrogen) atoms. The van der Waals surface area contributed by atoms with Gasteiger partial charge in [-0.05, 0) is 31.0 Å². The summed E-state index contributed by atoms with van der Waals surface area (Å²) < 4.78 is 0. The van der Waals surface area contributed by atoms with Crippen molar-refractivity contribution < 1.29 is 4.79 Å². The zero-order valence-corrected chi connectivity index (χ0v) is 14.5. The number of benzene rings is 1. The van der Waals surface area contributed by atoms with Crippen molar-refractivity contribution in [2.75, 3.05) is 37.0 Å². The number of aromatic amines is 1. The second-order valence-electron chi connectivity index (χ2n) is 6.48. The molecule has 0 atom stereocenters. The molecular formula is C18H23N5O2. The third-order valence-corrected chi connectivity index (χ3v) is 4.47. The molecule has 1 aliphatic rings. The Morgan fingerprint density at radius 2 is 2.04 bits per heavy atom. The molecule has 7 heteroatoms. The van der Waals surface area contributed by atoms with Gasteiger partial charge in [-0.25, -0.2) is 5.10 Å². The Balaban J connectivity index is 1.58. The Kier molecular flexibility index (Phi) is 5.02. The molecule has 0 spiro atoms. The smallest absolute Gasteiger partial charge is 0.266 e. The van der Waals surface area contributed by atoms with Crippen LogP contribution in [0.4, 0.5) is 11.4 Å². The summed E-state index contributed by atoms with van der Waals surface area (Å²) in [6.07, 6.45) is 3.34. The van der Waals surface area contributed by atoms with Crippen LogP contribution in [-0.2, 0) is 0 Å². The van der Waals surface area contributed by atoms with Crippen molar-refractivity contribution >= 4 is 17.3 Å². The first kappa shape index (κ1) is 17.0. The van der Waals surface area contributed by atoms with E-state index in [0.29, 0.717) is 5.56 Å². The van der Waals surface area contributed by atoms with Crippen LogP contribution in [0.3, 0.4) is 0 Å². The maximum Gasteiger partial charge on any atom is 0.266 e. The molecule has 2 heterocycles. The highest BCUT2D eigenvalue weighted by molar-refractivity contribution is 5.95. The maximum atomic E-state index is 12.5. The van der Waals surface area contributed by atoms with Gasteiger partial charge >= 0.3 is 0 Å². The number of carbonyl (C=O) groups is 1. The number of carbonyl (C=O) groups excluding carboxylic acids is 1. The van der Waals surface area contributed by atoms with Gasteiger partial charge in [-0.3, -0.25) is 9.59 Å². The van der Waals surface area contributed by atoms with Crippen molar-refractivity contribution in [3.8, 4) is 0 Å². The second-order valence-corrected chi connectivity index (χ2v) is 6.48. The zero-order valence-electron chi connectivity index (χ0n) is 14.5. The standard InChI is InChI=1S/C18H23N5O2/c1-22(2)15-5-3-4-13(10-15)18(25)20-14-6-8-23(9-7-14)16-11-17(24)21-19-12-16/h3-5,10-12,14H,6-9H2,1-2H3,(H,20,25)(H,21,24). The molecule has 0 saturated carbocycles. The summed E-state index contributed by atoms with van der Waals surface area (Å²) in [5.74, 6) is -0.0417. The molecule has 1 saturated heterocycles. The highest BCUT2D eigenvalue weighted by Crippen LogP contribution is 2.18. The summed E-state index contributed by atoms with van der Waals surface area (Å²) in [4.78, 5) is 28.0. The highest BCUT2D eigenvalue weighted by atomic mass is 16.1. The number of aromatic nitrogens is 2. The molecule has 0 unspecified atom stereocenters. The van der Waals surface area contributed by atoms with Crippen molar-refractivity contribution in [2.45, 2.75) is 18.9 Å². The summed E-state index contributed by atoms with van der Waals surface area (Å²) in [5, 5.41) is 9.34. The summed E-state index contributed by atoms with van der Waals surface area (Å²) in [6, 6.07) is 9.30. The number of piperidine rings is 1. The Hall–Kier alpha value is -2.83. The van der Waals surface area contributed by atoms with Gasteiger partial charge in [0, 0.05) is 50.5 Å².